The minimum Gasteiger partial charge on any atom is -0.329 e. The molecule has 0 aromatic carbocycles. The van der Waals surface area contributed by atoms with Gasteiger partial charge in [0.1, 0.15) is 0 Å². The summed E-state index contributed by atoms with van der Waals surface area (Å²) >= 11 is 0. The third-order valence-corrected chi connectivity index (χ3v) is 3.25. The lowest BCUT2D eigenvalue weighted by atomic mass is 9.98. The molecule has 0 spiro atoms. The van der Waals surface area contributed by atoms with Crippen LogP contribution in [0.2, 0.25) is 0 Å². The molecule has 1 atom stereocenters. The standard InChI is InChI=1S/C10H20N2/c11-7-10(12-9-5-6-9)8-3-1-2-4-8/h8-10,12H,1-7,11H2. The van der Waals surface area contributed by atoms with Gasteiger partial charge in [0.25, 0.3) is 0 Å². The van der Waals surface area contributed by atoms with E-state index in [0.717, 1.165) is 18.5 Å². The molecule has 1 unspecified atom stereocenters. The highest BCUT2D eigenvalue weighted by Crippen LogP contribution is 2.29. The van der Waals surface area contributed by atoms with Crippen LogP contribution in [-0.2, 0) is 0 Å². The molecule has 2 fully saturated rings. The fourth-order valence-corrected chi connectivity index (χ4v) is 2.31. The summed E-state index contributed by atoms with van der Waals surface area (Å²) < 4.78 is 0. The fourth-order valence-electron chi connectivity index (χ4n) is 2.31. The van der Waals surface area contributed by atoms with Crippen LogP contribution in [0.15, 0.2) is 0 Å². The van der Waals surface area contributed by atoms with Crippen molar-refractivity contribution in [2.75, 3.05) is 6.54 Å². The van der Waals surface area contributed by atoms with Gasteiger partial charge < -0.3 is 11.1 Å². The van der Waals surface area contributed by atoms with Crippen molar-refractivity contribution in [1.29, 1.82) is 0 Å². The normalized spacial score (nSPS) is 27.8. The molecular weight excluding hydrogens is 148 g/mol. The molecular formula is C10H20N2. The maximum atomic E-state index is 5.77. The maximum absolute atomic E-state index is 5.77. The van der Waals surface area contributed by atoms with Gasteiger partial charge >= 0.3 is 0 Å². The summed E-state index contributed by atoms with van der Waals surface area (Å²) in [6, 6.07) is 1.44. The number of hydrogen-bond acceptors (Lipinski definition) is 2. The lowest BCUT2D eigenvalue weighted by molar-refractivity contribution is 0.362. The van der Waals surface area contributed by atoms with Gasteiger partial charge in [0.15, 0.2) is 0 Å². The van der Waals surface area contributed by atoms with Crippen LogP contribution < -0.4 is 11.1 Å². The Morgan fingerprint density at radius 2 is 1.83 bits per heavy atom. The highest BCUT2D eigenvalue weighted by atomic mass is 15.0. The van der Waals surface area contributed by atoms with Crippen LogP contribution in [-0.4, -0.2) is 18.6 Å². The number of hydrogen-bond donors (Lipinski definition) is 2. The zero-order valence-electron chi connectivity index (χ0n) is 7.76. The predicted molar refractivity (Wildman–Crippen MR) is 51.0 cm³/mol. The van der Waals surface area contributed by atoms with Gasteiger partial charge in [0, 0.05) is 18.6 Å². The molecule has 12 heavy (non-hydrogen) atoms. The molecule has 0 amide bonds. The van der Waals surface area contributed by atoms with Crippen LogP contribution in [0, 0.1) is 5.92 Å². The van der Waals surface area contributed by atoms with Crippen molar-refractivity contribution in [3.63, 3.8) is 0 Å². The van der Waals surface area contributed by atoms with Gasteiger partial charge in [-0.05, 0) is 31.6 Å². The van der Waals surface area contributed by atoms with Crippen molar-refractivity contribution in [1.82, 2.24) is 5.32 Å². The van der Waals surface area contributed by atoms with Crippen molar-refractivity contribution < 1.29 is 0 Å². The molecule has 0 bridgehead atoms. The summed E-state index contributed by atoms with van der Waals surface area (Å²) in [4.78, 5) is 0. The second kappa shape index (κ2) is 3.75. The van der Waals surface area contributed by atoms with E-state index in [1.165, 1.54) is 38.5 Å². The zero-order chi connectivity index (χ0) is 8.39. The topological polar surface area (TPSA) is 38.0 Å². The van der Waals surface area contributed by atoms with Gasteiger partial charge in [0.05, 0.1) is 0 Å². The lowest BCUT2D eigenvalue weighted by Crippen LogP contribution is -2.42. The maximum Gasteiger partial charge on any atom is 0.0221 e. The summed E-state index contributed by atoms with van der Waals surface area (Å²) in [6.45, 7) is 0.834. The highest BCUT2D eigenvalue weighted by molar-refractivity contribution is 4.89. The third-order valence-electron chi connectivity index (χ3n) is 3.25. The number of rotatable bonds is 4. The Kier molecular flexibility index (Phi) is 2.66. The summed E-state index contributed by atoms with van der Waals surface area (Å²) in [7, 11) is 0. The van der Waals surface area contributed by atoms with E-state index in [1.807, 2.05) is 0 Å². The van der Waals surface area contributed by atoms with Crippen molar-refractivity contribution in [2.24, 2.45) is 11.7 Å². The highest BCUT2D eigenvalue weighted by Gasteiger charge is 2.29. The van der Waals surface area contributed by atoms with Crippen LogP contribution in [0.1, 0.15) is 38.5 Å². The molecule has 2 rings (SSSR count). The van der Waals surface area contributed by atoms with E-state index in [4.69, 9.17) is 5.73 Å². The van der Waals surface area contributed by atoms with Gasteiger partial charge in [-0.15, -0.1) is 0 Å². The lowest BCUT2D eigenvalue weighted by Gasteiger charge is -2.22. The monoisotopic (exact) mass is 168 g/mol. The van der Waals surface area contributed by atoms with E-state index in [-0.39, 0.29) is 0 Å². The van der Waals surface area contributed by atoms with Gasteiger partial charge in [-0.3, -0.25) is 0 Å². The minimum absolute atomic E-state index is 0.625. The van der Waals surface area contributed by atoms with Crippen molar-refractivity contribution in [2.45, 2.75) is 50.6 Å². The largest absolute Gasteiger partial charge is 0.329 e. The van der Waals surface area contributed by atoms with Crippen LogP contribution in [0.5, 0.6) is 0 Å². The molecule has 0 aromatic heterocycles. The van der Waals surface area contributed by atoms with Crippen LogP contribution in [0.25, 0.3) is 0 Å². The molecule has 2 nitrogen and oxygen atoms in total. The Labute approximate surface area is 74.9 Å². The van der Waals surface area contributed by atoms with Crippen molar-refractivity contribution in [3.8, 4) is 0 Å². The second-order valence-corrected chi connectivity index (χ2v) is 4.33. The first kappa shape index (κ1) is 8.52. The Balaban J connectivity index is 1.78. The van der Waals surface area contributed by atoms with Gasteiger partial charge in [-0.25, -0.2) is 0 Å². The fraction of sp³-hybridized carbons (Fsp3) is 1.00. The molecule has 0 aliphatic heterocycles. The minimum atomic E-state index is 0.625. The number of nitrogens with one attached hydrogen (secondary N) is 1. The number of nitrogens with two attached hydrogens (primary N) is 1. The van der Waals surface area contributed by atoms with E-state index >= 15 is 0 Å². The molecule has 0 aromatic rings. The summed E-state index contributed by atoms with van der Waals surface area (Å²) in [5.74, 6) is 0.885. The molecule has 3 N–H and O–H groups in total. The van der Waals surface area contributed by atoms with Crippen LogP contribution >= 0.6 is 0 Å². The summed E-state index contributed by atoms with van der Waals surface area (Å²) in [5.41, 5.74) is 5.77. The Morgan fingerprint density at radius 1 is 1.17 bits per heavy atom. The Bertz CT molecular complexity index is 137. The second-order valence-electron chi connectivity index (χ2n) is 4.33. The molecule has 0 heterocycles. The van der Waals surface area contributed by atoms with E-state index in [0.29, 0.717) is 6.04 Å². The van der Waals surface area contributed by atoms with E-state index in [1.54, 1.807) is 0 Å². The first-order chi connectivity index (χ1) is 5.90. The zero-order valence-corrected chi connectivity index (χ0v) is 7.76. The third kappa shape index (κ3) is 1.99. The Morgan fingerprint density at radius 3 is 2.33 bits per heavy atom. The van der Waals surface area contributed by atoms with Gasteiger partial charge in [-0.2, -0.15) is 0 Å². The predicted octanol–water partition coefficient (Wildman–Crippen LogP) is 1.26. The summed E-state index contributed by atoms with van der Waals surface area (Å²) in [6.07, 6.45) is 8.41. The molecule has 2 heteroatoms. The molecule has 0 radical (unpaired) electrons. The van der Waals surface area contributed by atoms with Gasteiger partial charge in [-0.1, -0.05) is 12.8 Å². The van der Waals surface area contributed by atoms with E-state index in [2.05, 4.69) is 5.32 Å². The van der Waals surface area contributed by atoms with Crippen molar-refractivity contribution >= 4 is 0 Å². The SMILES string of the molecule is NCC(NC1CC1)C1CCCC1. The average molecular weight is 168 g/mol. The molecule has 70 valence electrons. The molecule has 0 saturated heterocycles. The van der Waals surface area contributed by atoms with Crippen LogP contribution in [0.4, 0.5) is 0 Å². The first-order valence-electron chi connectivity index (χ1n) is 5.36. The molecule has 2 saturated carbocycles. The average Bonchev–Trinajstić information content (AvgIpc) is 2.74. The quantitative estimate of drug-likeness (QED) is 0.663. The van der Waals surface area contributed by atoms with E-state index < -0.39 is 0 Å². The summed E-state index contributed by atoms with van der Waals surface area (Å²) in [5, 5.41) is 3.66. The van der Waals surface area contributed by atoms with Crippen molar-refractivity contribution in [3.05, 3.63) is 0 Å². The Hall–Kier alpha value is -0.0800. The van der Waals surface area contributed by atoms with Crippen LogP contribution in [0.3, 0.4) is 0 Å². The first-order valence-corrected chi connectivity index (χ1v) is 5.36. The smallest absolute Gasteiger partial charge is 0.0221 e. The van der Waals surface area contributed by atoms with Gasteiger partial charge in [0.2, 0.25) is 0 Å². The molecule has 2 aliphatic rings. The molecule has 2 aliphatic carbocycles. The van der Waals surface area contributed by atoms with E-state index in [9.17, 15) is 0 Å².